The van der Waals surface area contributed by atoms with Crippen molar-refractivity contribution in [1.29, 1.82) is 0 Å². The minimum Gasteiger partial charge on any atom is -0.463 e. The van der Waals surface area contributed by atoms with Gasteiger partial charge in [-0.3, -0.25) is 14.4 Å². The second kappa shape index (κ2) is 5.65. The van der Waals surface area contributed by atoms with Crippen LogP contribution in [-0.4, -0.2) is 11.6 Å². The highest BCUT2D eigenvalue weighted by atomic mass is 16.3. The van der Waals surface area contributed by atoms with E-state index < -0.39 is 0 Å². The Hall–Kier alpha value is -3.01. The second-order valence-corrected chi connectivity index (χ2v) is 5.38. The Morgan fingerprint density at radius 3 is 2.09 bits per heavy atom. The van der Waals surface area contributed by atoms with Crippen molar-refractivity contribution in [2.75, 3.05) is 0 Å². The number of carbonyl (C=O) groups excluding carboxylic acids is 2. The van der Waals surface area contributed by atoms with Gasteiger partial charge in [-0.05, 0) is 31.5 Å². The third-order valence-electron chi connectivity index (χ3n) is 3.78. The zero-order valence-corrected chi connectivity index (χ0v) is 12.8. The van der Waals surface area contributed by atoms with Crippen LogP contribution in [0.3, 0.4) is 0 Å². The van der Waals surface area contributed by atoms with Gasteiger partial charge in [-0.25, -0.2) is 0 Å². The summed E-state index contributed by atoms with van der Waals surface area (Å²) in [6.07, 6.45) is 1.39. The molecule has 2 aromatic carbocycles. The number of fused-ring (bicyclic) bond motifs is 1. The zero-order valence-electron chi connectivity index (χ0n) is 12.8. The van der Waals surface area contributed by atoms with Crippen LogP contribution in [0.4, 0.5) is 0 Å². The molecule has 0 saturated carbocycles. The SMILES string of the molecule is CC(=O)c1ccc(-c2coc3cc(C(C)=O)ccc3c2=O)cc1. The van der Waals surface area contributed by atoms with E-state index in [4.69, 9.17) is 4.42 Å². The average molecular weight is 306 g/mol. The van der Waals surface area contributed by atoms with Gasteiger partial charge in [-0.15, -0.1) is 0 Å². The quantitative estimate of drug-likeness (QED) is 0.689. The van der Waals surface area contributed by atoms with Crippen LogP contribution < -0.4 is 5.43 Å². The summed E-state index contributed by atoms with van der Waals surface area (Å²) in [6, 6.07) is 11.6. The third-order valence-corrected chi connectivity index (χ3v) is 3.78. The molecule has 0 spiro atoms. The fourth-order valence-electron chi connectivity index (χ4n) is 2.43. The second-order valence-electron chi connectivity index (χ2n) is 5.38. The first kappa shape index (κ1) is 14.9. The van der Waals surface area contributed by atoms with Gasteiger partial charge in [0.05, 0.1) is 10.9 Å². The predicted molar refractivity (Wildman–Crippen MR) is 87.9 cm³/mol. The molecule has 114 valence electrons. The lowest BCUT2D eigenvalue weighted by molar-refractivity contribution is 0.100. The van der Waals surface area contributed by atoms with Gasteiger partial charge in [-0.2, -0.15) is 0 Å². The van der Waals surface area contributed by atoms with Gasteiger partial charge in [0, 0.05) is 11.1 Å². The largest absolute Gasteiger partial charge is 0.463 e. The van der Waals surface area contributed by atoms with Gasteiger partial charge < -0.3 is 4.42 Å². The van der Waals surface area contributed by atoms with Crippen molar-refractivity contribution in [3.63, 3.8) is 0 Å². The molecule has 0 atom stereocenters. The fraction of sp³-hybridized carbons (Fsp3) is 0.105. The Kier molecular flexibility index (Phi) is 3.66. The first-order valence-electron chi connectivity index (χ1n) is 7.15. The van der Waals surface area contributed by atoms with E-state index in [-0.39, 0.29) is 17.0 Å². The zero-order chi connectivity index (χ0) is 16.6. The Labute approximate surface area is 132 Å². The normalized spacial score (nSPS) is 10.7. The van der Waals surface area contributed by atoms with Crippen molar-refractivity contribution in [3.05, 3.63) is 70.1 Å². The smallest absolute Gasteiger partial charge is 0.200 e. The summed E-state index contributed by atoms with van der Waals surface area (Å²) in [7, 11) is 0. The van der Waals surface area contributed by atoms with Gasteiger partial charge in [0.2, 0.25) is 0 Å². The van der Waals surface area contributed by atoms with E-state index in [1.165, 1.54) is 20.1 Å². The molecule has 23 heavy (non-hydrogen) atoms. The minimum atomic E-state index is -0.170. The number of hydrogen-bond donors (Lipinski definition) is 0. The Morgan fingerprint density at radius 2 is 1.48 bits per heavy atom. The lowest BCUT2D eigenvalue weighted by Gasteiger charge is -2.04. The molecule has 0 amide bonds. The molecule has 0 aliphatic heterocycles. The molecule has 0 radical (unpaired) electrons. The number of Topliss-reactive ketones (excluding diaryl/α,β-unsaturated/α-hetero) is 2. The molecule has 3 aromatic rings. The van der Waals surface area contributed by atoms with Crippen LogP contribution in [0.5, 0.6) is 0 Å². The molecule has 4 heteroatoms. The van der Waals surface area contributed by atoms with Crippen LogP contribution >= 0.6 is 0 Å². The van der Waals surface area contributed by atoms with Crippen molar-refractivity contribution >= 4 is 22.5 Å². The summed E-state index contributed by atoms with van der Waals surface area (Å²) in [5, 5.41) is 0.420. The molecule has 0 fully saturated rings. The maximum atomic E-state index is 12.6. The average Bonchev–Trinajstić information content (AvgIpc) is 2.55. The highest BCUT2D eigenvalue weighted by molar-refractivity contribution is 5.98. The van der Waals surface area contributed by atoms with Crippen LogP contribution in [0.15, 0.2) is 57.9 Å². The molecule has 0 bridgehead atoms. The summed E-state index contributed by atoms with van der Waals surface area (Å²) in [4.78, 5) is 35.3. The number of rotatable bonds is 3. The lowest BCUT2D eigenvalue weighted by Crippen LogP contribution is -2.05. The molecule has 3 rings (SSSR count). The molecule has 0 aliphatic carbocycles. The van der Waals surface area contributed by atoms with E-state index in [1.54, 1.807) is 42.5 Å². The summed E-state index contributed by atoms with van der Waals surface area (Å²) in [6.45, 7) is 2.95. The van der Waals surface area contributed by atoms with Gasteiger partial charge in [0.25, 0.3) is 0 Å². The first-order valence-corrected chi connectivity index (χ1v) is 7.15. The van der Waals surface area contributed by atoms with Gasteiger partial charge in [0.15, 0.2) is 17.0 Å². The molecule has 4 nitrogen and oxygen atoms in total. The highest BCUT2D eigenvalue weighted by Gasteiger charge is 2.11. The van der Waals surface area contributed by atoms with Crippen LogP contribution in [0.1, 0.15) is 34.6 Å². The molecular weight excluding hydrogens is 292 g/mol. The maximum Gasteiger partial charge on any atom is 0.200 e. The van der Waals surface area contributed by atoms with E-state index >= 15 is 0 Å². The highest BCUT2D eigenvalue weighted by Crippen LogP contribution is 2.21. The van der Waals surface area contributed by atoms with E-state index in [2.05, 4.69) is 0 Å². The molecule has 0 saturated heterocycles. The van der Waals surface area contributed by atoms with Crippen molar-refractivity contribution in [3.8, 4) is 11.1 Å². The molecule has 0 aliphatic rings. The van der Waals surface area contributed by atoms with E-state index in [9.17, 15) is 14.4 Å². The van der Waals surface area contributed by atoms with Crippen molar-refractivity contribution in [1.82, 2.24) is 0 Å². The number of hydrogen-bond acceptors (Lipinski definition) is 4. The Bertz CT molecular complexity index is 978. The van der Waals surface area contributed by atoms with E-state index in [0.717, 1.165) is 0 Å². The molecule has 0 N–H and O–H groups in total. The molecule has 1 aromatic heterocycles. The Morgan fingerprint density at radius 1 is 0.870 bits per heavy atom. The molecule has 1 heterocycles. The van der Waals surface area contributed by atoms with Gasteiger partial charge >= 0.3 is 0 Å². The summed E-state index contributed by atoms with van der Waals surface area (Å²) in [5.41, 5.74) is 2.40. The summed E-state index contributed by atoms with van der Waals surface area (Å²) >= 11 is 0. The van der Waals surface area contributed by atoms with Crippen LogP contribution in [-0.2, 0) is 0 Å². The first-order chi connectivity index (χ1) is 11.0. The third kappa shape index (κ3) is 2.71. The van der Waals surface area contributed by atoms with E-state index in [1.807, 2.05) is 0 Å². The van der Waals surface area contributed by atoms with Crippen molar-refractivity contribution in [2.45, 2.75) is 13.8 Å². The number of benzene rings is 2. The summed E-state index contributed by atoms with van der Waals surface area (Å²) in [5.74, 6) is -0.114. The fourth-order valence-corrected chi connectivity index (χ4v) is 2.43. The lowest BCUT2D eigenvalue weighted by atomic mass is 10.0. The monoisotopic (exact) mass is 306 g/mol. The van der Waals surface area contributed by atoms with Crippen molar-refractivity contribution in [2.24, 2.45) is 0 Å². The van der Waals surface area contributed by atoms with Gasteiger partial charge in [-0.1, -0.05) is 30.3 Å². The van der Waals surface area contributed by atoms with Crippen molar-refractivity contribution < 1.29 is 14.0 Å². The predicted octanol–water partition coefficient (Wildman–Crippen LogP) is 3.87. The minimum absolute atomic E-state index is 0.0288. The van der Waals surface area contributed by atoms with Crippen LogP contribution in [0.25, 0.3) is 22.1 Å². The number of ketones is 2. The molecular formula is C19H14O4. The van der Waals surface area contributed by atoms with Crippen LogP contribution in [0.2, 0.25) is 0 Å². The van der Waals surface area contributed by atoms with E-state index in [0.29, 0.717) is 33.2 Å². The maximum absolute atomic E-state index is 12.6. The number of carbonyl (C=O) groups is 2. The van der Waals surface area contributed by atoms with Crippen LogP contribution in [0, 0.1) is 0 Å². The van der Waals surface area contributed by atoms with Gasteiger partial charge in [0.1, 0.15) is 11.8 Å². The standard InChI is InChI=1S/C19H14O4/c1-11(20)13-3-5-14(6-4-13)17-10-23-18-9-15(12(2)21)7-8-16(18)19(17)22/h3-10H,1-2H3. The Balaban J connectivity index is 2.14. The molecule has 0 unspecified atom stereocenters. The summed E-state index contributed by atoms with van der Waals surface area (Å²) < 4.78 is 5.53. The topological polar surface area (TPSA) is 64.3 Å².